The number of anilines is 1. The summed E-state index contributed by atoms with van der Waals surface area (Å²) >= 11 is 0. The van der Waals surface area contributed by atoms with E-state index in [1.54, 1.807) is 24.3 Å². The smallest absolute Gasteiger partial charge is 0.251 e. The van der Waals surface area contributed by atoms with Crippen molar-refractivity contribution in [3.05, 3.63) is 29.8 Å². The molecule has 2 amide bonds. The molecule has 0 saturated heterocycles. The normalized spacial score (nSPS) is 12.7. The minimum Gasteiger partial charge on any atom is -0.399 e. The molecule has 8 N–H and O–H groups in total. The maximum absolute atomic E-state index is 12.5. The zero-order valence-electron chi connectivity index (χ0n) is 15.6. The van der Waals surface area contributed by atoms with Gasteiger partial charge in [0.25, 0.3) is 5.91 Å². The van der Waals surface area contributed by atoms with E-state index in [-0.39, 0.29) is 17.8 Å². The number of nitrogens with one attached hydrogen (secondary N) is 2. The number of nitrogens with zero attached hydrogens (tertiary/aromatic N) is 1. The van der Waals surface area contributed by atoms with Gasteiger partial charge in [-0.25, -0.2) is 0 Å². The summed E-state index contributed by atoms with van der Waals surface area (Å²) in [5, 5.41) is 5.35. The van der Waals surface area contributed by atoms with E-state index >= 15 is 0 Å². The third kappa shape index (κ3) is 7.76. The number of aliphatic imine (C=N–C) groups is 1. The third-order valence-electron chi connectivity index (χ3n) is 3.87. The number of benzene rings is 1. The van der Waals surface area contributed by atoms with Crippen molar-refractivity contribution in [2.75, 3.05) is 12.3 Å². The van der Waals surface area contributed by atoms with Gasteiger partial charge in [-0.1, -0.05) is 13.8 Å². The molecule has 9 nitrogen and oxygen atoms in total. The molecule has 1 aromatic rings. The van der Waals surface area contributed by atoms with Gasteiger partial charge in [0.2, 0.25) is 5.91 Å². The van der Waals surface area contributed by atoms with E-state index in [0.717, 1.165) is 0 Å². The van der Waals surface area contributed by atoms with Crippen LogP contribution in [0.25, 0.3) is 0 Å². The van der Waals surface area contributed by atoms with Crippen molar-refractivity contribution >= 4 is 29.7 Å². The van der Waals surface area contributed by atoms with Gasteiger partial charge in [-0.2, -0.15) is 0 Å². The molecule has 0 aliphatic rings. The van der Waals surface area contributed by atoms with E-state index in [1.807, 2.05) is 13.8 Å². The van der Waals surface area contributed by atoms with Crippen LogP contribution in [0.4, 0.5) is 5.69 Å². The van der Waals surface area contributed by atoms with Gasteiger partial charge >= 0.3 is 0 Å². The number of amides is 2. The van der Waals surface area contributed by atoms with Crippen LogP contribution in [-0.2, 0) is 9.59 Å². The molecule has 0 unspecified atom stereocenters. The van der Waals surface area contributed by atoms with Gasteiger partial charge in [-0.05, 0) is 43.0 Å². The largest absolute Gasteiger partial charge is 0.399 e. The van der Waals surface area contributed by atoms with Gasteiger partial charge in [0, 0.05) is 17.8 Å². The quantitative estimate of drug-likeness (QED) is 0.124. The molecule has 0 fully saturated rings. The lowest BCUT2D eigenvalue weighted by molar-refractivity contribution is -0.126. The molecule has 27 heavy (non-hydrogen) atoms. The fraction of sp³-hybridized carbons (Fsp3) is 0.444. The van der Waals surface area contributed by atoms with Gasteiger partial charge < -0.3 is 32.6 Å². The molecule has 0 bridgehead atoms. The average molecular weight is 376 g/mol. The Morgan fingerprint density at radius 2 is 1.78 bits per heavy atom. The molecule has 148 valence electrons. The van der Waals surface area contributed by atoms with Crippen LogP contribution < -0.4 is 27.8 Å². The molecule has 0 aromatic heterocycles. The zero-order chi connectivity index (χ0) is 20.4. The second-order valence-corrected chi connectivity index (χ2v) is 6.52. The first-order valence-corrected chi connectivity index (χ1v) is 8.72. The Labute approximate surface area is 158 Å². The first-order valence-electron chi connectivity index (χ1n) is 8.72. The van der Waals surface area contributed by atoms with Gasteiger partial charge in [-0.3, -0.25) is 14.6 Å². The fourth-order valence-corrected chi connectivity index (χ4v) is 2.36. The number of carbonyl (C=O) groups is 3. The average Bonchev–Trinajstić information content (AvgIpc) is 2.61. The summed E-state index contributed by atoms with van der Waals surface area (Å²) in [6.07, 6.45) is 1.58. The highest BCUT2D eigenvalue weighted by Crippen LogP contribution is 2.09. The predicted octanol–water partition coefficient (Wildman–Crippen LogP) is -0.239. The lowest BCUT2D eigenvalue weighted by Gasteiger charge is -2.23. The second-order valence-electron chi connectivity index (χ2n) is 6.52. The summed E-state index contributed by atoms with van der Waals surface area (Å²) < 4.78 is 0. The van der Waals surface area contributed by atoms with E-state index in [0.29, 0.717) is 36.9 Å². The van der Waals surface area contributed by atoms with E-state index in [2.05, 4.69) is 15.6 Å². The maximum atomic E-state index is 12.5. The minimum absolute atomic E-state index is 0.0214. The van der Waals surface area contributed by atoms with Crippen LogP contribution in [0.15, 0.2) is 29.3 Å². The highest BCUT2D eigenvalue weighted by Gasteiger charge is 2.26. The summed E-state index contributed by atoms with van der Waals surface area (Å²) in [5.41, 5.74) is 17.0. The minimum atomic E-state index is -0.782. The highest BCUT2D eigenvalue weighted by molar-refractivity contribution is 5.98. The second kappa shape index (κ2) is 10.8. The Morgan fingerprint density at radius 1 is 1.15 bits per heavy atom. The van der Waals surface area contributed by atoms with Crippen LogP contribution in [-0.4, -0.2) is 42.7 Å². The van der Waals surface area contributed by atoms with Crippen molar-refractivity contribution < 1.29 is 14.4 Å². The lowest BCUT2D eigenvalue weighted by Crippen LogP contribution is -2.52. The molecule has 1 rings (SSSR count). The van der Waals surface area contributed by atoms with E-state index in [4.69, 9.17) is 17.2 Å². The van der Waals surface area contributed by atoms with Crippen molar-refractivity contribution in [2.24, 2.45) is 22.4 Å². The van der Waals surface area contributed by atoms with E-state index < -0.39 is 18.0 Å². The maximum Gasteiger partial charge on any atom is 0.251 e. The first kappa shape index (κ1) is 21.9. The SMILES string of the molecule is CC(C)[C@H](NC(=O)c1ccc(N)cc1)C(=O)N[C@H](C=O)CCCN=C(N)N. The van der Waals surface area contributed by atoms with Crippen LogP contribution in [0.5, 0.6) is 0 Å². The van der Waals surface area contributed by atoms with E-state index in [1.165, 1.54) is 0 Å². The number of nitrogen functional groups attached to an aromatic ring is 1. The van der Waals surface area contributed by atoms with Crippen molar-refractivity contribution in [1.29, 1.82) is 0 Å². The molecule has 0 aliphatic carbocycles. The summed E-state index contributed by atoms with van der Waals surface area (Å²) in [5.74, 6) is -1.00. The standard InChI is InChI=1S/C18H28N6O3/c1-11(2)15(24-16(26)12-5-7-13(19)8-6-12)17(27)23-14(10-25)4-3-9-22-18(20)21/h5-8,10-11,14-15H,3-4,9,19H2,1-2H3,(H,23,27)(H,24,26)(H4,20,21,22)/t14-,15-/m0/s1. The topological polar surface area (TPSA) is 166 Å². The van der Waals surface area contributed by atoms with Crippen LogP contribution in [0.1, 0.15) is 37.0 Å². The molecule has 0 saturated carbocycles. The number of rotatable bonds is 10. The van der Waals surface area contributed by atoms with Crippen LogP contribution >= 0.6 is 0 Å². The Balaban J connectivity index is 2.67. The lowest BCUT2D eigenvalue weighted by atomic mass is 10.0. The van der Waals surface area contributed by atoms with Crippen molar-refractivity contribution in [3.63, 3.8) is 0 Å². The van der Waals surface area contributed by atoms with Crippen LogP contribution in [0, 0.1) is 5.92 Å². The van der Waals surface area contributed by atoms with Crippen molar-refractivity contribution in [1.82, 2.24) is 10.6 Å². The van der Waals surface area contributed by atoms with E-state index in [9.17, 15) is 14.4 Å². The zero-order valence-corrected chi connectivity index (χ0v) is 15.6. The molecule has 0 spiro atoms. The molecule has 1 aromatic carbocycles. The van der Waals surface area contributed by atoms with Crippen molar-refractivity contribution in [2.45, 2.75) is 38.8 Å². The van der Waals surface area contributed by atoms with Crippen LogP contribution in [0.3, 0.4) is 0 Å². The van der Waals surface area contributed by atoms with Gasteiger partial charge in [-0.15, -0.1) is 0 Å². The Morgan fingerprint density at radius 3 is 2.30 bits per heavy atom. The van der Waals surface area contributed by atoms with Gasteiger partial charge in [0.1, 0.15) is 12.3 Å². The third-order valence-corrected chi connectivity index (χ3v) is 3.87. The molecular weight excluding hydrogens is 348 g/mol. The van der Waals surface area contributed by atoms with Gasteiger partial charge in [0.05, 0.1) is 6.04 Å². The summed E-state index contributed by atoms with van der Waals surface area (Å²) in [6, 6.07) is 4.92. The first-order chi connectivity index (χ1) is 12.7. The Bertz CT molecular complexity index is 668. The van der Waals surface area contributed by atoms with Crippen molar-refractivity contribution in [3.8, 4) is 0 Å². The number of carbonyl (C=O) groups excluding carboxylic acids is 3. The number of hydrogen-bond donors (Lipinski definition) is 5. The number of hydrogen-bond acceptors (Lipinski definition) is 5. The number of aldehydes is 1. The number of guanidine groups is 1. The Kier molecular flexibility index (Phi) is 8.77. The fourth-order valence-electron chi connectivity index (χ4n) is 2.36. The molecule has 9 heteroatoms. The molecule has 2 atom stereocenters. The monoisotopic (exact) mass is 376 g/mol. The molecular formula is C18H28N6O3. The molecule has 0 heterocycles. The number of nitrogens with two attached hydrogens (primary N) is 3. The van der Waals surface area contributed by atoms with Crippen LogP contribution in [0.2, 0.25) is 0 Å². The highest BCUT2D eigenvalue weighted by atomic mass is 16.2. The van der Waals surface area contributed by atoms with Gasteiger partial charge in [0.15, 0.2) is 5.96 Å². The predicted molar refractivity (Wildman–Crippen MR) is 105 cm³/mol. The Hall–Kier alpha value is -3.10. The molecule has 0 aliphatic heterocycles. The summed E-state index contributed by atoms with van der Waals surface area (Å²) in [6.45, 7) is 3.98. The summed E-state index contributed by atoms with van der Waals surface area (Å²) in [7, 11) is 0. The molecule has 0 radical (unpaired) electrons. The summed E-state index contributed by atoms with van der Waals surface area (Å²) in [4.78, 5) is 40.0.